The third-order valence-electron chi connectivity index (χ3n) is 4.31. The van der Waals surface area contributed by atoms with Crippen molar-refractivity contribution in [3.8, 4) is 11.5 Å². The monoisotopic (exact) mass is 327 g/mol. The summed E-state index contributed by atoms with van der Waals surface area (Å²) in [7, 11) is 0. The highest BCUT2D eigenvalue weighted by atomic mass is 16.7. The smallest absolute Gasteiger partial charge is 0.231 e. The van der Waals surface area contributed by atoms with Crippen LogP contribution in [-0.4, -0.2) is 29.4 Å². The van der Waals surface area contributed by atoms with Crippen LogP contribution in [0.4, 0.5) is 0 Å². The lowest BCUT2D eigenvalue weighted by Crippen LogP contribution is -2.31. The van der Waals surface area contributed by atoms with Crippen molar-refractivity contribution < 1.29 is 14.6 Å². The quantitative estimate of drug-likeness (QED) is 0.845. The first-order chi connectivity index (χ1) is 11.6. The first-order valence-electron chi connectivity index (χ1n) is 8.48. The minimum Gasteiger partial charge on any atom is -0.454 e. The van der Waals surface area contributed by atoms with Crippen LogP contribution in [0.25, 0.3) is 0 Å². The summed E-state index contributed by atoms with van der Waals surface area (Å²) in [6.45, 7) is 6.62. The molecule has 1 N–H and O–H groups in total. The van der Waals surface area contributed by atoms with Gasteiger partial charge < -0.3 is 14.6 Å². The van der Waals surface area contributed by atoms with Crippen LogP contribution in [-0.2, 0) is 13.1 Å². The fourth-order valence-electron chi connectivity index (χ4n) is 2.86. The molecule has 128 valence electrons. The van der Waals surface area contributed by atoms with Crippen molar-refractivity contribution in [1.82, 2.24) is 4.90 Å². The Morgan fingerprint density at radius 3 is 2.42 bits per heavy atom. The van der Waals surface area contributed by atoms with E-state index >= 15 is 0 Å². The maximum absolute atomic E-state index is 10.1. The third kappa shape index (κ3) is 4.28. The summed E-state index contributed by atoms with van der Waals surface area (Å²) >= 11 is 0. The molecule has 0 amide bonds. The summed E-state index contributed by atoms with van der Waals surface area (Å²) in [4.78, 5) is 2.27. The molecular formula is C20H25NO3. The van der Waals surface area contributed by atoms with E-state index in [1.807, 2.05) is 19.1 Å². The number of rotatable bonds is 7. The molecule has 1 unspecified atom stereocenters. The van der Waals surface area contributed by atoms with Crippen molar-refractivity contribution in [3.05, 3.63) is 59.2 Å². The van der Waals surface area contributed by atoms with Crippen molar-refractivity contribution >= 4 is 0 Å². The van der Waals surface area contributed by atoms with Crippen molar-refractivity contribution in [2.24, 2.45) is 0 Å². The van der Waals surface area contributed by atoms with Gasteiger partial charge in [0.1, 0.15) is 0 Å². The van der Waals surface area contributed by atoms with E-state index in [1.165, 1.54) is 11.1 Å². The molecule has 4 nitrogen and oxygen atoms in total. The standard InChI is InChI=1S/C20H25NO3/c1-3-18(22)13-21(11-16-6-4-15(2)5-7-16)12-17-8-9-19-20(10-17)24-14-23-19/h4-10,18,22H,3,11-14H2,1-2H3. The maximum Gasteiger partial charge on any atom is 0.231 e. The van der Waals surface area contributed by atoms with E-state index in [2.05, 4.69) is 42.2 Å². The number of aliphatic hydroxyl groups excluding tert-OH is 1. The van der Waals surface area contributed by atoms with Gasteiger partial charge in [-0.25, -0.2) is 0 Å². The number of hydrogen-bond donors (Lipinski definition) is 1. The van der Waals surface area contributed by atoms with Gasteiger partial charge in [0.05, 0.1) is 6.10 Å². The predicted octanol–water partition coefficient (Wildman–Crippen LogP) is 3.50. The Morgan fingerprint density at radius 2 is 1.67 bits per heavy atom. The highest BCUT2D eigenvalue weighted by Gasteiger charge is 2.16. The Morgan fingerprint density at radius 1 is 1.00 bits per heavy atom. The van der Waals surface area contributed by atoms with E-state index in [1.54, 1.807) is 0 Å². The zero-order chi connectivity index (χ0) is 16.9. The molecule has 0 radical (unpaired) electrons. The lowest BCUT2D eigenvalue weighted by atomic mass is 10.1. The summed E-state index contributed by atoms with van der Waals surface area (Å²) in [5.41, 5.74) is 3.67. The topological polar surface area (TPSA) is 41.9 Å². The van der Waals surface area contributed by atoms with Crippen LogP contribution in [0, 0.1) is 6.92 Å². The molecule has 0 aliphatic carbocycles. The van der Waals surface area contributed by atoms with E-state index < -0.39 is 0 Å². The van der Waals surface area contributed by atoms with Crippen LogP contribution in [0.15, 0.2) is 42.5 Å². The van der Waals surface area contributed by atoms with Crippen LogP contribution in [0.3, 0.4) is 0 Å². The lowest BCUT2D eigenvalue weighted by molar-refractivity contribution is 0.101. The highest BCUT2D eigenvalue weighted by Crippen LogP contribution is 2.32. The van der Waals surface area contributed by atoms with E-state index in [-0.39, 0.29) is 6.10 Å². The van der Waals surface area contributed by atoms with Crippen LogP contribution in [0.5, 0.6) is 11.5 Å². The van der Waals surface area contributed by atoms with Crippen molar-refractivity contribution in [2.75, 3.05) is 13.3 Å². The number of ether oxygens (including phenoxy) is 2. The average Bonchev–Trinajstić information content (AvgIpc) is 3.04. The van der Waals surface area contributed by atoms with Gasteiger partial charge in [0.15, 0.2) is 11.5 Å². The first-order valence-corrected chi connectivity index (χ1v) is 8.48. The van der Waals surface area contributed by atoms with Gasteiger partial charge in [-0.1, -0.05) is 42.8 Å². The molecule has 1 heterocycles. The van der Waals surface area contributed by atoms with Crippen molar-refractivity contribution in [3.63, 3.8) is 0 Å². The summed E-state index contributed by atoms with van der Waals surface area (Å²) in [6, 6.07) is 14.6. The number of nitrogens with zero attached hydrogens (tertiary/aromatic N) is 1. The molecule has 3 rings (SSSR count). The van der Waals surface area contributed by atoms with E-state index in [0.717, 1.165) is 36.6 Å². The average molecular weight is 327 g/mol. The molecule has 0 bridgehead atoms. The second kappa shape index (κ2) is 7.69. The van der Waals surface area contributed by atoms with Gasteiger partial charge in [-0.15, -0.1) is 0 Å². The molecule has 2 aromatic rings. The summed E-state index contributed by atoms with van der Waals surface area (Å²) in [6.07, 6.45) is 0.440. The van der Waals surface area contributed by atoms with Crippen LogP contribution in [0.2, 0.25) is 0 Å². The molecular weight excluding hydrogens is 302 g/mol. The summed E-state index contributed by atoms with van der Waals surface area (Å²) < 4.78 is 10.8. The Kier molecular flexibility index (Phi) is 5.38. The Hall–Kier alpha value is -2.04. The van der Waals surface area contributed by atoms with Gasteiger partial charge >= 0.3 is 0 Å². The molecule has 24 heavy (non-hydrogen) atoms. The van der Waals surface area contributed by atoms with E-state index in [0.29, 0.717) is 13.3 Å². The van der Waals surface area contributed by atoms with Crippen LogP contribution in [0.1, 0.15) is 30.0 Å². The molecule has 0 saturated heterocycles. The molecule has 2 aromatic carbocycles. The largest absolute Gasteiger partial charge is 0.454 e. The zero-order valence-electron chi connectivity index (χ0n) is 14.4. The second-order valence-corrected chi connectivity index (χ2v) is 6.40. The minimum absolute atomic E-state index is 0.292. The van der Waals surface area contributed by atoms with Gasteiger partial charge in [0, 0.05) is 19.6 Å². The normalized spacial score (nSPS) is 14.2. The fourth-order valence-corrected chi connectivity index (χ4v) is 2.86. The third-order valence-corrected chi connectivity index (χ3v) is 4.31. The van der Waals surface area contributed by atoms with Crippen LogP contribution >= 0.6 is 0 Å². The molecule has 1 atom stereocenters. The van der Waals surface area contributed by atoms with Crippen molar-refractivity contribution in [1.29, 1.82) is 0 Å². The molecule has 1 aliphatic rings. The first kappa shape index (κ1) is 16.8. The molecule has 0 fully saturated rings. The molecule has 4 heteroatoms. The number of hydrogen-bond acceptors (Lipinski definition) is 4. The SMILES string of the molecule is CCC(O)CN(Cc1ccc(C)cc1)Cc1ccc2c(c1)OCO2. The molecule has 0 spiro atoms. The lowest BCUT2D eigenvalue weighted by Gasteiger charge is -2.25. The zero-order valence-corrected chi connectivity index (χ0v) is 14.4. The predicted molar refractivity (Wildman–Crippen MR) is 94.2 cm³/mol. The van der Waals surface area contributed by atoms with E-state index in [9.17, 15) is 5.11 Å². The van der Waals surface area contributed by atoms with Crippen LogP contribution < -0.4 is 9.47 Å². The Labute approximate surface area is 143 Å². The highest BCUT2D eigenvalue weighted by molar-refractivity contribution is 5.44. The number of aryl methyl sites for hydroxylation is 1. The van der Waals surface area contributed by atoms with E-state index in [4.69, 9.17) is 9.47 Å². The summed E-state index contributed by atoms with van der Waals surface area (Å²) in [5, 5.41) is 10.1. The Balaban J connectivity index is 1.72. The fraction of sp³-hybridized carbons (Fsp3) is 0.400. The molecule has 0 aromatic heterocycles. The number of benzene rings is 2. The van der Waals surface area contributed by atoms with Gasteiger partial charge in [-0.3, -0.25) is 4.90 Å². The number of aliphatic hydroxyl groups is 1. The summed E-state index contributed by atoms with van der Waals surface area (Å²) in [5.74, 6) is 1.61. The minimum atomic E-state index is -0.315. The van der Waals surface area contributed by atoms with Gasteiger partial charge in [-0.05, 0) is 36.6 Å². The molecule has 1 aliphatic heterocycles. The van der Waals surface area contributed by atoms with Gasteiger partial charge in [-0.2, -0.15) is 0 Å². The number of fused-ring (bicyclic) bond motifs is 1. The maximum atomic E-state index is 10.1. The van der Waals surface area contributed by atoms with Gasteiger partial charge in [0.2, 0.25) is 6.79 Å². The Bertz CT molecular complexity index is 669. The molecule has 0 saturated carbocycles. The van der Waals surface area contributed by atoms with Gasteiger partial charge in [0.25, 0.3) is 0 Å². The second-order valence-electron chi connectivity index (χ2n) is 6.40. The van der Waals surface area contributed by atoms with Crippen molar-refractivity contribution in [2.45, 2.75) is 39.5 Å².